The number of carbonyl (C=O) groups excluding carboxylic acids is 1. The molecule has 8 heteroatoms. The summed E-state index contributed by atoms with van der Waals surface area (Å²) < 4.78 is 1.57. The Morgan fingerprint density at radius 3 is 2.83 bits per heavy atom. The van der Waals surface area contributed by atoms with Crippen molar-refractivity contribution in [1.82, 2.24) is 30.5 Å². The van der Waals surface area contributed by atoms with Crippen LogP contribution in [0.4, 0.5) is 0 Å². The Bertz CT molecular complexity index is 771. The molecule has 3 rings (SSSR count). The molecular weight excluding hydrogens is 324 g/mol. The second-order valence-electron chi connectivity index (χ2n) is 5.40. The van der Waals surface area contributed by atoms with Gasteiger partial charge in [-0.2, -0.15) is 0 Å². The van der Waals surface area contributed by atoms with Gasteiger partial charge in [-0.05, 0) is 22.9 Å². The molecule has 1 N–H and O–H groups in total. The number of benzene rings is 1. The standard InChI is InChI=1S/C16H18N6OS/c1-12-19-20-21-22(12)15(9-13-5-3-2-4-6-13)16(23)17-8-7-14-10-24-11-18-14/h2-6,10-11,15H,7-9H2,1H3,(H,17,23). The molecule has 24 heavy (non-hydrogen) atoms. The zero-order chi connectivity index (χ0) is 16.8. The fourth-order valence-electron chi connectivity index (χ4n) is 2.45. The average Bonchev–Trinajstić information content (AvgIpc) is 3.25. The Kier molecular flexibility index (Phi) is 5.27. The predicted octanol–water partition coefficient (Wildman–Crippen LogP) is 1.58. The van der Waals surface area contributed by atoms with Crippen LogP contribution in [-0.2, 0) is 17.6 Å². The monoisotopic (exact) mass is 342 g/mol. The molecule has 0 fully saturated rings. The first-order valence-electron chi connectivity index (χ1n) is 7.67. The van der Waals surface area contributed by atoms with E-state index in [2.05, 4.69) is 25.8 Å². The normalized spacial score (nSPS) is 12.0. The van der Waals surface area contributed by atoms with E-state index in [1.54, 1.807) is 28.5 Å². The van der Waals surface area contributed by atoms with Crippen LogP contribution in [0.3, 0.4) is 0 Å². The minimum absolute atomic E-state index is 0.0931. The molecular formula is C16H18N6OS. The molecule has 124 valence electrons. The van der Waals surface area contributed by atoms with Crippen molar-refractivity contribution in [1.29, 1.82) is 0 Å². The molecule has 1 amide bonds. The van der Waals surface area contributed by atoms with Gasteiger partial charge in [0.15, 0.2) is 0 Å². The molecule has 7 nitrogen and oxygen atoms in total. The lowest BCUT2D eigenvalue weighted by Gasteiger charge is -2.17. The van der Waals surface area contributed by atoms with Crippen LogP contribution < -0.4 is 5.32 Å². The molecule has 0 spiro atoms. The summed E-state index contributed by atoms with van der Waals surface area (Å²) in [5.74, 6) is 0.523. The van der Waals surface area contributed by atoms with Gasteiger partial charge in [0, 0.05) is 24.8 Å². The highest BCUT2D eigenvalue weighted by Gasteiger charge is 2.23. The maximum atomic E-state index is 12.7. The van der Waals surface area contributed by atoms with Gasteiger partial charge in [-0.1, -0.05) is 30.3 Å². The summed E-state index contributed by atoms with van der Waals surface area (Å²) >= 11 is 1.55. The summed E-state index contributed by atoms with van der Waals surface area (Å²) in [5.41, 5.74) is 3.84. The van der Waals surface area contributed by atoms with Crippen LogP contribution in [0.2, 0.25) is 0 Å². The summed E-state index contributed by atoms with van der Waals surface area (Å²) in [6.45, 7) is 2.33. The molecule has 0 saturated carbocycles. The van der Waals surface area contributed by atoms with Crippen LogP contribution in [-0.4, -0.2) is 37.6 Å². The largest absolute Gasteiger partial charge is 0.354 e. The lowest BCUT2D eigenvalue weighted by molar-refractivity contribution is -0.124. The van der Waals surface area contributed by atoms with Gasteiger partial charge in [-0.3, -0.25) is 4.79 Å². The zero-order valence-corrected chi connectivity index (χ0v) is 14.1. The Labute approximate surface area is 143 Å². The molecule has 0 aliphatic heterocycles. The number of thiazole rings is 1. The van der Waals surface area contributed by atoms with Gasteiger partial charge < -0.3 is 5.32 Å². The van der Waals surface area contributed by atoms with E-state index in [0.717, 1.165) is 11.3 Å². The van der Waals surface area contributed by atoms with E-state index in [-0.39, 0.29) is 5.91 Å². The smallest absolute Gasteiger partial charge is 0.245 e. The molecule has 0 aliphatic rings. The van der Waals surface area contributed by atoms with E-state index in [0.29, 0.717) is 25.2 Å². The fourth-order valence-corrected chi connectivity index (χ4v) is 3.04. The van der Waals surface area contributed by atoms with Crippen LogP contribution in [0.1, 0.15) is 23.1 Å². The Hall–Kier alpha value is -2.61. The van der Waals surface area contributed by atoms with Crippen LogP contribution in [0.5, 0.6) is 0 Å². The van der Waals surface area contributed by atoms with E-state index >= 15 is 0 Å². The van der Waals surface area contributed by atoms with Gasteiger partial charge in [0.05, 0.1) is 11.2 Å². The number of nitrogens with zero attached hydrogens (tertiary/aromatic N) is 5. The molecule has 2 heterocycles. The van der Waals surface area contributed by atoms with Crippen LogP contribution in [0.15, 0.2) is 41.2 Å². The summed E-state index contributed by atoms with van der Waals surface area (Å²) in [4.78, 5) is 16.9. The third-order valence-electron chi connectivity index (χ3n) is 3.69. The zero-order valence-electron chi connectivity index (χ0n) is 13.3. The van der Waals surface area contributed by atoms with Crippen LogP contribution in [0.25, 0.3) is 0 Å². The second-order valence-corrected chi connectivity index (χ2v) is 6.12. The molecule has 1 unspecified atom stereocenters. The average molecular weight is 342 g/mol. The van der Waals surface area contributed by atoms with Crippen molar-refractivity contribution in [2.24, 2.45) is 0 Å². The lowest BCUT2D eigenvalue weighted by Crippen LogP contribution is -2.36. The predicted molar refractivity (Wildman–Crippen MR) is 90.6 cm³/mol. The first kappa shape index (κ1) is 16.3. The van der Waals surface area contributed by atoms with Gasteiger partial charge in [0.25, 0.3) is 0 Å². The van der Waals surface area contributed by atoms with Crippen molar-refractivity contribution in [2.75, 3.05) is 6.54 Å². The highest BCUT2D eigenvalue weighted by atomic mass is 32.1. The molecule has 2 aromatic heterocycles. The lowest BCUT2D eigenvalue weighted by atomic mass is 10.1. The van der Waals surface area contributed by atoms with E-state index in [1.165, 1.54) is 0 Å². The number of hydrogen-bond acceptors (Lipinski definition) is 6. The maximum Gasteiger partial charge on any atom is 0.245 e. The Morgan fingerprint density at radius 1 is 1.33 bits per heavy atom. The Balaban J connectivity index is 1.69. The van der Waals surface area contributed by atoms with Crippen molar-refractivity contribution in [2.45, 2.75) is 25.8 Å². The van der Waals surface area contributed by atoms with E-state index in [9.17, 15) is 4.79 Å². The van der Waals surface area contributed by atoms with E-state index in [1.807, 2.05) is 35.7 Å². The second kappa shape index (κ2) is 7.78. The first-order chi connectivity index (χ1) is 11.7. The van der Waals surface area contributed by atoms with Gasteiger partial charge in [0.2, 0.25) is 5.91 Å². The summed E-state index contributed by atoms with van der Waals surface area (Å²) in [5, 5.41) is 16.5. The number of nitrogens with one attached hydrogen (secondary N) is 1. The first-order valence-corrected chi connectivity index (χ1v) is 8.61. The summed E-state index contributed by atoms with van der Waals surface area (Å²) in [6, 6.07) is 9.38. The van der Waals surface area contributed by atoms with Gasteiger partial charge in [-0.15, -0.1) is 16.4 Å². The fraction of sp³-hybridized carbons (Fsp3) is 0.312. The minimum atomic E-state index is -0.474. The number of hydrogen-bond donors (Lipinski definition) is 1. The highest BCUT2D eigenvalue weighted by Crippen LogP contribution is 2.15. The van der Waals surface area contributed by atoms with Crippen molar-refractivity contribution in [3.63, 3.8) is 0 Å². The topological polar surface area (TPSA) is 85.6 Å². The molecule has 0 saturated heterocycles. The van der Waals surface area contributed by atoms with Gasteiger partial charge in [-0.25, -0.2) is 9.67 Å². The van der Waals surface area contributed by atoms with Crippen LogP contribution >= 0.6 is 11.3 Å². The summed E-state index contributed by atoms with van der Waals surface area (Å²) in [6.07, 6.45) is 1.25. The molecule has 0 bridgehead atoms. The van der Waals surface area contributed by atoms with Crippen molar-refractivity contribution >= 4 is 17.2 Å². The van der Waals surface area contributed by atoms with E-state index < -0.39 is 6.04 Å². The van der Waals surface area contributed by atoms with Gasteiger partial charge in [0.1, 0.15) is 11.9 Å². The third-order valence-corrected chi connectivity index (χ3v) is 4.33. The minimum Gasteiger partial charge on any atom is -0.354 e. The number of aromatic nitrogens is 5. The van der Waals surface area contributed by atoms with Crippen molar-refractivity contribution in [3.05, 3.63) is 58.3 Å². The quantitative estimate of drug-likeness (QED) is 0.704. The number of tetrazole rings is 1. The van der Waals surface area contributed by atoms with Crippen molar-refractivity contribution < 1.29 is 4.79 Å². The highest BCUT2D eigenvalue weighted by molar-refractivity contribution is 7.07. The molecule has 0 radical (unpaired) electrons. The third kappa shape index (κ3) is 4.02. The Morgan fingerprint density at radius 2 is 2.17 bits per heavy atom. The molecule has 1 aromatic carbocycles. The molecule has 0 aliphatic carbocycles. The number of amides is 1. The summed E-state index contributed by atoms with van der Waals surface area (Å²) in [7, 11) is 0. The number of aryl methyl sites for hydroxylation is 1. The molecule has 3 aromatic rings. The van der Waals surface area contributed by atoms with Crippen molar-refractivity contribution in [3.8, 4) is 0 Å². The SMILES string of the molecule is Cc1nnnn1C(Cc1ccccc1)C(=O)NCCc1cscn1. The number of carbonyl (C=O) groups is 1. The van der Waals surface area contributed by atoms with Gasteiger partial charge >= 0.3 is 0 Å². The number of rotatable bonds is 7. The maximum absolute atomic E-state index is 12.7. The molecule has 1 atom stereocenters. The van der Waals surface area contributed by atoms with Crippen LogP contribution in [0, 0.1) is 6.92 Å². The van der Waals surface area contributed by atoms with E-state index in [4.69, 9.17) is 0 Å².